The van der Waals surface area contributed by atoms with Crippen molar-refractivity contribution in [3.63, 3.8) is 0 Å². The van der Waals surface area contributed by atoms with Crippen LogP contribution in [-0.2, 0) is 20.8 Å². The van der Waals surface area contributed by atoms with Crippen LogP contribution in [0, 0.1) is 17.2 Å². The van der Waals surface area contributed by atoms with Gasteiger partial charge in [0.2, 0.25) is 5.91 Å². The number of alkyl halides is 3. The second-order valence-electron chi connectivity index (χ2n) is 11.4. The van der Waals surface area contributed by atoms with Crippen molar-refractivity contribution in [1.29, 1.82) is 5.26 Å². The van der Waals surface area contributed by atoms with E-state index in [-0.39, 0.29) is 30.4 Å². The fourth-order valence-electron chi connectivity index (χ4n) is 5.44. The van der Waals surface area contributed by atoms with Crippen LogP contribution in [0.5, 0.6) is 0 Å². The maximum Gasteiger partial charge on any atom is 0.418 e. The number of para-hydroxylation sites is 1. The number of nitriles is 1. The van der Waals surface area contributed by atoms with E-state index in [0.717, 1.165) is 55.8 Å². The number of carbonyl (C=O) groups excluding carboxylic acids is 1. The Hall–Kier alpha value is -3.85. The summed E-state index contributed by atoms with van der Waals surface area (Å²) in [5.74, 6) is 0.568. The Morgan fingerprint density at radius 2 is 1.65 bits per heavy atom. The normalized spacial score (nSPS) is 19.4. The van der Waals surface area contributed by atoms with E-state index in [1.54, 1.807) is 12.3 Å². The van der Waals surface area contributed by atoms with Gasteiger partial charge in [-0.3, -0.25) is 4.79 Å². The molecule has 6 rings (SSSR count). The maximum atomic E-state index is 13.2. The second-order valence-corrected chi connectivity index (χ2v) is 13.7. The van der Waals surface area contributed by atoms with Gasteiger partial charge < -0.3 is 10.2 Å². The number of sulfone groups is 1. The predicted octanol–water partition coefficient (Wildman–Crippen LogP) is 5.78. The molecule has 2 aliphatic carbocycles. The smallest absolute Gasteiger partial charge is 0.369 e. The third-order valence-corrected chi connectivity index (χ3v) is 9.86. The number of anilines is 1. The molecular weight excluding hydrogens is 579 g/mol. The Morgan fingerprint density at radius 1 is 1.00 bits per heavy atom. The molecule has 1 amide bonds. The van der Waals surface area contributed by atoms with Crippen LogP contribution < -0.4 is 10.2 Å². The van der Waals surface area contributed by atoms with Crippen LogP contribution in [0.4, 0.5) is 18.9 Å². The standard InChI is InChI=1S/C20H18F3N3O2S.C11H16N2O.H2/c21-20(22,23)18-3-1-2-4-19(18)26-14-16(13-24-26)15-5-7-17(8-6-15)25-9-11-29(27,28)12-10-25;12-8-11(6-7-11)13-10(14)9-4-2-1-3-5-9;/h1-8,13-14H,9-12H2;9H,1-7H2,(H,13,14);1H. The molecule has 0 bridgehead atoms. The lowest BCUT2D eigenvalue weighted by Gasteiger charge is -2.28. The molecule has 1 saturated heterocycles. The minimum atomic E-state index is -4.47. The van der Waals surface area contributed by atoms with Crippen molar-refractivity contribution < 1.29 is 27.8 Å². The predicted molar refractivity (Wildman–Crippen MR) is 159 cm³/mol. The van der Waals surface area contributed by atoms with E-state index < -0.39 is 27.1 Å². The van der Waals surface area contributed by atoms with Crippen molar-refractivity contribution in [3.05, 3.63) is 66.5 Å². The summed E-state index contributed by atoms with van der Waals surface area (Å²) in [5, 5.41) is 15.8. The van der Waals surface area contributed by atoms with E-state index >= 15 is 0 Å². The number of aromatic nitrogens is 2. The number of nitrogens with zero attached hydrogens (tertiary/aromatic N) is 4. The van der Waals surface area contributed by atoms with Gasteiger partial charge in [-0.2, -0.15) is 23.5 Å². The maximum absolute atomic E-state index is 13.2. The number of benzene rings is 2. The summed E-state index contributed by atoms with van der Waals surface area (Å²) in [6, 6.07) is 15.0. The topological polar surface area (TPSA) is 108 Å². The molecule has 230 valence electrons. The summed E-state index contributed by atoms with van der Waals surface area (Å²) >= 11 is 0. The summed E-state index contributed by atoms with van der Waals surface area (Å²) in [6.45, 7) is 0.904. The van der Waals surface area contributed by atoms with Crippen LogP contribution in [0.15, 0.2) is 60.9 Å². The molecule has 1 N–H and O–H groups in total. The Bertz CT molecular complexity index is 1580. The minimum absolute atomic E-state index is 0. The molecule has 0 unspecified atom stereocenters. The summed E-state index contributed by atoms with van der Waals surface area (Å²) in [7, 11) is -2.95. The summed E-state index contributed by atoms with van der Waals surface area (Å²) in [4.78, 5) is 13.8. The molecule has 12 heteroatoms. The zero-order valence-electron chi connectivity index (χ0n) is 23.7. The highest BCUT2D eigenvalue weighted by molar-refractivity contribution is 7.91. The first kappa shape index (κ1) is 30.6. The summed E-state index contributed by atoms with van der Waals surface area (Å²) in [5.41, 5.74) is 1.17. The first-order chi connectivity index (χ1) is 20.5. The van der Waals surface area contributed by atoms with E-state index in [2.05, 4.69) is 16.5 Å². The van der Waals surface area contributed by atoms with Gasteiger partial charge in [-0.25, -0.2) is 13.1 Å². The molecule has 2 aromatic carbocycles. The Kier molecular flexibility index (Phi) is 8.83. The van der Waals surface area contributed by atoms with Crippen molar-refractivity contribution >= 4 is 21.4 Å². The van der Waals surface area contributed by atoms with E-state index in [1.165, 1.54) is 29.4 Å². The van der Waals surface area contributed by atoms with Crippen LogP contribution in [0.3, 0.4) is 0 Å². The molecule has 1 aromatic heterocycles. The van der Waals surface area contributed by atoms with Gasteiger partial charge in [0.25, 0.3) is 0 Å². The lowest BCUT2D eigenvalue weighted by atomic mass is 9.88. The number of carbonyl (C=O) groups is 1. The van der Waals surface area contributed by atoms with E-state index in [1.807, 2.05) is 29.2 Å². The SMILES string of the molecule is N#CC1(NC(=O)C2CCCCC2)CC1.O=S1(=O)CCN(c2ccc(-c3cnn(-c4ccccc4C(F)(F)F)c3)cc2)CC1.[HH]. The molecule has 43 heavy (non-hydrogen) atoms. The van der Waals surface area contributed by atoms with Crippen molar-refractivity contribution in [2.75, 3.05) is 29.5 Å². The number of rotatable bonds is 5. The van der Waals surface area contributed by atoms with Crippen LogP contribution in [0.25, 0.3) is 16.8 Å². The zero-order chi connectivity index (χ0) is 30.7. The molecule has 2 heterocycles. The molecule has 0 radical (unpaired) electrons. The highest BCUT2D eigenvalue weighted by Gasteiger charge is 2.45. The Labute approximate surface area is 250 Å². The lowest BCUT2D eigenvalue weighted by Crippen LogP contribution is -2.40. The molecule has 3 aromatic rings. The monoisotopic (exact) mass is 615 g/mol. The summed E-state index contributed by atoms with van der Waals surface area (Å²) < 4.78 is 64.1. The quantitative estimate of drug-likeness (QED) is 0.390. The molecule has 3 aliphatic rings. The van der Waals surface area contributed by atoms with Gasteiger partial charge in [-0.05, 0) is 55.5 Å². The van der Waals surface area contributed by atoms with Crippen molar-refractivity contribution in [2.45, 2.75) is 56.7 Å². The third kappa shape index (κ3) is 7.57. The number of hydrogen-bond donors (Lipinski definition) is 1. The van der Waals surface area contributed by atoms with Gasteiger partial charge >= 0.3 is 6.18 Å². The average Bonchev–Trinajstić information content (AvgIpc) is 3.60. The van der Waals surface area contributed by atoms with Gasteiger partial charge in [-0.1, -0.05) is 43.5 Å². The molecule has 1 aliphatic heterocycles. The van der Waals surface area contributed by atoms with Crippen molar-refractivity contribution in [1.82, 2.24) is 15.1 Å². The van der Waals surface area contributed by atoms with Crippen LogP contribution in [0.1, 0.15) is 51.9 Å². The van der Waals surface area contributed by atoms with Crippen LogP contribution in [-0.4, -0.2) is 54.2 Å². The number of amides is 1. The van der Waals surface area contributed by atoms with Crippen molar-refractivity contribution in [2.24, 2.45) is 5.92 Å². The Morgan fingerprint density at radius 3 is 2.26 bits per heavy atom. The van der Waals surface area contributed by atoms with Gasteiger partial charge in [0.05, 0.1) is 35.0 Å². The van der Waals surface area contributed by atoms with Gasteiger partial charge in [0.15, 0.2) is 9.84 Å². The number of nitrogens with one attached hydrogen (secondary N) is 1. The third-order valence-electron chi connectivity index (χ3n) is 8.25. The highest BCUT2D eigenvalue weighted by Crippen LogP contribution is 2.36. The molecule has 0 atom stereocenters. The van der Waals surface area contributed by atoms with E-state index in [0.29, 0.717) is 18.7 Å². The first-order valence-electron chi connectivity index (χ1n) is 14.5. The van der Waals surface area contributed by atoms with Gasteiger partial charge in [0.1, 0.15) is 5.54 Å². The molecular formula is C31H36F3N5O3S. The number of halogens is 3. The first-order valence-corrected chi connectivity index (χ1v) is 16.3. The average molecular weight is 616 g/mol. The van der Waals surface area contributed by atoms with Gasteiger partial charge in [-0.15, -0.1) is 0 Å². The van der Waals surface area contributed by atoms with E-state index in [9.17, 15) is 26.4 Å². The fourth-order valence-corrected chi connectivity index (χ4v) is 6.65. The molecule has 2 saturated carbocycles. The Balaban J connectivity index is 0.000000248. The van der Waals surface area contributed by atoms with Crippen LogP contribution in [0.2, 0.25) is 0 Å². The zero-order valence-corrected chi connectivity index (χ0v) is 24.5. The molecule has 3 fully saturated rings. The summed E-state index contributed by atoms with van der Waals surface area (Å²) in [6.07, 6.45) is 5.89. The molecule has 8 nitrogen and oxygen atoms in total. The number of hydrogen-bond acceptors (Lipinski definition) is 6. The van der Waals surface area contributed by atoms with Crippen LogP contribution >= 0.6 is 0 Å². The largest absolute Gasteiger partial charge is 0.418 e. The fraction of sp³-hybridized carbons (Fsp3) is 0.452. The minimum Gasteiger partial charge on any atom is -0.369 e. The lowest BCUT2D eigenvalue weighted by molar-refractivity contribution is -0.137. The van der Waals surface area contributed by atoms with E-state index in [4.69, 9.17) is 5.26 Å². The van der Waals surface area contributed by atoms with Gasteiger partial charge in [0, 0.05) is 37.9 Å². The second kappa shape index (κ2) is 12.4. The van der Waals surface area contributed by atoms with Crippen molar-refractivity contribution in [3.8, 4) is 22.9 Å². The highest BCUT2D eigenvalue weighted by atomic mass is 32.2. The molecule has 0 spiro atoms.